The number of hydrogen-bond acceptors (Lipinski definition) is 3. The molecule has 22 heavy (non-hydrogen) atoms. The number of aromatic nitrogens is 4. The molecule has 0 fully saturated rings. The zero-order valence-corrected chi connectivity index (χ0v) is 11.6. The monoisotopic (exact) mass is 291 g/mol. The number of carbonyl (C=O) groups excluding carboxylic acids is 1. The van der Waals surface area contributed by atoms with Crippen LogP contribution in [0, 0.1) is 0 Å². The highest BCUT2D eigenvalue weighted by molar-refractivity contribution is 6.04. The van der Waals surface area contributed by atoms with Crippen molar-refractivity contribution in [2.45, 2.75) is 6.54 Å². The third-order valence-electron chi connectivity index (χ3n) is 3.65. The summed E-state index contributed by atoms with van der Waals surface area (Å²) in [5.74, 6) is -0.212. The lowest BCUT2D eigenvalue weighted by molar-refractivity contribution is 0.0947. The highest BCUT2D eigenvalue weighted by atomic mass is 16.1. The molecule has 0 saturated heterocycles. The smallest absolute Gasteiger partial charge is 0.272 e. The van der Waals surface area contributed by atoms with Gasteiger partial charge in [0.25, 0.3) is 5.91 Å². The Bertz CT molecular complexity index is 969. The first-order valence-corrected chi connectivity index (χ1v) is 6.96. The number of para-hydroxylation sites is 2. The molecule has 1 amide bonds. The quantitative estimate of drug-likeness (QED) is 0.541. The van der Waals surface area contributed by atoms with Crippen LogP contribution in [0.5, 0.6) is 0 Å². The van der Waals surface area contributed by atoms with E-state index in [0.717, 1.165) is 27.5 Å². The van der Waals surface area contributed by atoms with Gasteiger partial charge in [-0.05, 0) is 12.1 Å². The van der Waals surface area contributed by atoms with Crippen molar-refractivity contribution in [1.29, 1.82) is 0 Å². The molecule has 0 saturated carbocycles. The number of rotatable bonds is 3. The lowest BCUT2D eigenvalue weighted by Gasteiger charge is -2.02. The highest BCUT2D eigenvalue weighted by Crippen LogP contribution is 2.16. The Morgan fingerprint density at radius 3 is 2.64 bits per heavy atom. The third kappa shape index (κ3) is 2.01. The summed E-state index contributed by atoms with van der Waals surface area (Å²) >= 11 is 0. The van der Waals surface area contributed by atoms with E-state index < -0.39 is 0 Å². The van der Waals surface area contributed by atoms with Gasteiger partial charge in [0.1, 0.15) is 0 Å². The van der Waals surface area contributed by atoms with E-state index in [1.54, 1.807) is 0 Å². The first-order valence-electron chi connectivity index (χ1n) is 6.96. The van der Waals surface area contributed by atoms with Gasteiger partial charge in [-0.1, -0.05) is 36.4 Å². The fourth-order valence-corrected chi connectivity index (χ4v) is 2.54. The molecular formula is C16H13N5O. The molecule has 2 heterocycles. The Kier molecular flexibility index (Phi) is 2.86. The van der Waals surface area contributed by atoms with E-state index in [9.17, 15) is 4.79 Å². The van der Waals surface area contributed by atoms with Crippen LogP contribution in [0.4, 0.5) is 0 Å². The lowest BCUT2D eigenvalue weighted by Crippen LogP contribution is -2.23. The van der Waals surface area contributed by atoms with Gasteiger partial charge >= 0.3 is 0 Å². The molecular weight excluding hydrogens is 278 g/mol. The molecule has 0 spiro atoms. The van der Waals surface area contributed by atoms with E-state index in [1.807, 2.05) is 48.5 Å². The van der Waals surface area contributed by atoms with Crippen LogP contribution in [0.25, 0.3) is 21.8 Å². The van der Waals surface area contributed by atoms with Gasteiger partial charge < -0.3 is 5.32 Å². The molecule has 108 valence electrons. The van der Waals surface area contributed by atoms with E-state index in [-0.39, 0.29) is 5.91 Å². The zero-order valence-electron chi connectivity index (χ0n) is 11.6. The third-order valence-corrected chi connectivity index (χ3v) is 3.65. The maximum atomic E-state index is 12.3. The Morgan fingerprint density at radius 2 is 1.73 bits per heavy atom. The fourth-order valence-electron chi connectivity index (χ4n) is 2.54. The van der Waals surface area contributed by atoms with Crippen LogP contribution in [0.15, 0.2) is 48.5 Å². The largest absolute Gasteiger partial charge is 0.345 e. The van der Waals surface area contributed by atoms with Crippen LogP contribution >= 0.6 is 0 Å². The topological polar surface area (TPSA) is 86.5 Å². The minimum Gasteiger partial charge on any atom is -0.345 e. The SMILES string of the molecule is O=C(NCc1[nH]nc2ccccc12)c1n[nH]c2ccccc12. The van der Waals surface area contributed by atoms with E-state index in [0.29, 0.717) is 12.2 Å². The van der Waals surface area contributed by atoms with Crippen molar-refractivity contribution in [3.05, 3.63) is 59.9 Å². The number of amides is 1. The molecule has 4 rings (SSSR count). The first-order chi connectivity index (χ1) is 10.8. The molecule has 0 unspecified atom stereocenters. The molecule has 0 atom stereocenters. The fraction of sp³-hybridized carbons (Fsp3) is 0.0625. The Labute approximate surface area is 125 Å². The number of nitrogens with zero attached hydrogens (tertiary/aromatic N) is 2. The number of carbonyl (C=O) groups is 1. The second-order valence-corrected chi connectivity index (χ2v) is 5.02. The maximum Gasteiger partial charge on any atom is 0.272 e. The normalized spacial score (nSPS) is 11.1. The lowest BCUT2D eigenvalue weighted by atomic mass is 10.2. The maximum absolute atomic E-state index is 12.3. The average molecular weight is 291 g/mol. The summed E-state index contributed by atoms with van der Waals surface area (Å²) in [6.45, 7) is 0.376. The van der Waals surface area contributed by atoms with Gasteiger partial charge in [-0.15, -0.1) is 0 Å². The Balaban J connectivity index is 1.57. The molecule has 0 aliphatic heterocycles. The average Bonchev–Trinajstić information content (AvgIpc) is 3.17. The summed E-state index contributed by atoms with van der Waals surface area (Å²) in [4.78, 5) is 12.3. The van der Waals surface area contributed by atoms with Crippen molar-refractivity contribution in [3.63, 3.8) is 0 Å². The van der Waals surface area contributed by atoms with Gasteiger partial charge in [0, 0.05) is 10.8 Å². The minimum absolute atomic E-state index is 0.212. The predicted molar refractivity (Wildman–Crippen MR) is 83.4 cm³/mol. The first kappa shape index (κ1) is 12.6. The van der Waals surface area contributed by atoms with Crippen molar-refractivity contribution in [2.75, 3.05) is 0 Å². The van der Waals surface area contributed by atoms with Crippen LogP contribution in [-0.4, -0.2) is 26.3 Å². The van der Waals surface area contributed by atoms with Gasteiger partial charge in [-0.2, -0.15) is 10.2 Å². The van der Waals surface area contributed by atoms with Crippen LogP contribution in [-0.2, 0) is 6.54 Å². The summed E-state index contributed by atoms with van der Waals surface area (Å²) in [7, 11) is 0. The van der Waals surface area contributed by atoms with Gasteiger partial charge in [0.2, 0.25) is 0 Å². The second kappa shape index (κ2) is 5.00. The standard InChI is InChI=1S/C16H13N5O/c22-16(15-11-6-2-4-8-13(11)19-21-15)17-9-14-10-5-1-3-7-12(10)18-20-14/h1-8H,9H2,(H,17,22)(H,18,20)(H,19,21). The number of nitrogens with one attached hydrogen (secondary N) is 3. The molecule has 4 aromatic rings. The molecule has 6 nitrogen and oxygen atoms in total. The van der Waals surface area contributed by atoms with Gasteiger partial charge in [-0.3, -0.25) is 15.0 Å². The zero-order chi connectivity index (χ0) is 14.9. The molecule has 6 heteroatoms. The van der Waals surface area contributed by atoms with Crippen LogP contribution in [0.1, 0.15) is 16.2 Å². The van der Waals surface area contributed by atoms with Gasteiger partial charge in [-0.25, -0.2) is 0 Å². The van der Waals surface area contributed by atoms with Crippen molar-refractivity contribution < 1.29 is 4.79 Å². The summed E-state index contributed by atoms with van der Waals surface area (Å²) < 4.78 is 0. The van der Waals surface area contributed by atoms with E-state index in [2.05, 4.69) is 25.7 Å². The van der Waals surface area contributed by atoms with Gasteiger partial charge in [0.05, 0.1) is 23.3 Å². The summed E-state index contributed by atoms with van der Waals surface area (Å²) in [6, 6.07) is 15.3. The Morgan fingerprint density at radius 1 is 0.955 bits per heavy atom. The summed E-state index contributed by atoms with van der Waals surface area (Å²) in [6.07, 6.45) is 0. The molecule has 0 aliphatic rings. The Hall–Kier alpha value is -3.15. The molecule has 3 N–H and O–H groups in total. The molecule has 0 radical (unpaired) electrons. The van der Waals surface area contributed by atoms with E-state index >= 15 is 0 Å². The second-order valence-electron chi connectivity index (χ2n) is 5.02. The van der Waals surface area contributed by atoms with E-state index in [1.165, 1.54) is 0 Å². The molecule has 0 aliphatic carbocycles. The predicted octanol–water partition coefficient (Wildman–Crippen LogP) is 2.37. The van der Waals surface area contributed by atoms with Crippen LogP contribution in [0.2, 0.25) is 0 Å². The van der Waals surface area contributed by atoms with Crippen molar-refractivity contribution in [3.8, 4) is 0 Å². The van der Waals surface area contributed by atoms with Crippen LogP contribution in [0.3, 0.4) is 0 Å². The molecule has 2 aromatic carbocycles. The molecule has 0 bridgehead atoms. The van der Waals surface area contributed by atoms with Crippen molar-refractivity contribution in [1.82, 2.24) is 25.7 Å². The van der Waals surface area contributed by atoms with Gasteiger partial charge in [0.15, 0.2) is 5.69 Å². The number of benzene rings is 2. The number of H-pyrrole nitrogens is 2. The van der Waals surface area contributed by atoms with Crippen LogP contribution < -0.4 is 5.32 Å². The van der Waals surface area contributed by atoms with Crippen molar-refractivity contribution >= 4 is 27.7 Å². The van der Waals surface area contributed by atoms with E-state index in [4.69, 9.17) is 0 Å². The number of aromatic amines is 2. The highest BCUT2D eigenvalue weighted by Gasteiger charge is 2.14. The molecule has 2 aromatic heterocycles. The van der Waals surface area contributed by atoms with Crippen molar-refractivity contribution in [2.24, 2.45) is 0 Å². The number of fused-ring (bicyclic) bond motifs is 2. The number of hydrogen-bond donors (Lipinski definition) is 3. The minimum atomic E-state index is -0.212. The summed E-state index contributed by atoms with van der Waals surface area (Å²) in [5.41, 5.74) is 3.01. The summed E-state index contributed by atoms with van der Waals surface area (Å²) in [5, 5.41) is 18.8.